The highest BCUT2D eigenvalue weighted by atomic mass is 15.1. The van der Waals surface area contributed by atoms with Crippen LogP contribution in [-0.4, -0.2) is 28.0 Å². The van der Waals surface area contributed by atoms with E-state index < -0.39 is 0 Å². The first-order chi connectivity index (χ1) is 14.1. The van der Waals surface area contributed by atoms with Crippen LogP contribution in [0.1, 0.15) is 39.8 Å². The predicted molar refractivity (Wildman–Crippen MR) is 123 cm³/mol. The number of hydrogen-bond donors (Lipinski definition) is 0. The topological polar surface area (TPSA) is 41.9 Å². The summed E-state index contributed by atoms with van der Waals surface area (Å²) in [4.78, 5) is 16.8. The van der Waals surface area contributed by atoms with Gasteiger partial charge in [-0.15, -0.1) is 0 Å². The molecule has 0 aliphatic rings. The molecule has 0 aliphatic carbocycles. The Morgan fingerprint density at radius 1 is 0.897 bits per heavy atom. The van der Waals surface area contributed by atoms with Crippen LogP contribution in [0.4, 0.5) is 5.69 Å². The fraction of sp³-hybridized carbons (Fsp3) is 0.320. The zero-order chi connectivity index (χ0) is 20.8. The Hall–Kier alpha value is -3.01. The molecule has 0 unspecified atom stereocenters. The van der Waals surface area contributed by atoms with Gasteiger partial charge in [0.1, 0.15) is 5.69 Å². The largest absolute Gasteiger partial charge is 0.372 e. The zero-order valence-corrected chi connectivity index (χ0v) is 18.1. The van der Waals surface area contributed by atoms with Gasteiger partial charge in [0, 0.05) is 35.3 Å². The lowest BCUT2D eigenvalue weighted by atomic mass is 10.1. The second-order valence-corrected chi connectivity index (χ2v) is 6.98. The molecule has 2 aromatic heterocycles. The number of rotatable bonds is 6. The molecule has 0 amide bonds. The molecule has 0 radical (unpaired) electrons. The smallest absolute Gasteiger partial charge is 0.179 e. The van der Waals surface area contributed by atoms with E-state index in [-0.39, 0.29) is 0 Å². The van der Waals surface area contributed by atoms with Crippen LogP contribution in [-0.2, 0) is 0 Å². The van der Waals surface area contributed by atoms with Crippen molar-refractivity contribution in [3.63, 3.8) is 0 Å². The molecule has 0 spiro atoms. The molecule has 0 fully saturated rings. The molecule has 1 aromatic carbocycles. The summed E-state index contributed by atoms with van der Waals surface area (Å²) in [6, 6.07) is 14.6. The van der Waals surface area contributed by atoms with Crippen molar-refractivity contribution in [2.45, 2.75) is 41.0 Å². The maximum atomic E-state index is 4.94. The Balaban J connectivity index is 2.21. The minimum absolute atomic E-state index is 0.668. The maximum Gasteiger partial charge on any atom is 0.179 e. The van der Waals surface area contributed by atoms with E-state index in [1.165, 1.54) is 5.69 Å². The molecule has 0 atom stereocenters. The zero-order valence-electron chi connectivity index (χ0n) is 18.1. The van der Waals surface area contributed by atoms with E-state index in [1.54, 1.807) is 0 Å². The molecular formula is C25H30N4. The van der Waals surface area contributed by atoms with Crippen molar-refractivity contribution in [2.75, 3.05) is 18.0 Å². The molecule has 0 saturated heterocycles. The highest BCUT2D eigenvalue weighted by Gasteiger charge is 2.11. The molecule has 0 saturated carbocycles. The first-order valence-corrected chi connectivity index (χ1v) is 10.4. The van der Waals surface area contributed by atoms with E-state index in [0.717, 1.165) is 52.7 Å². The van der Waals surface area contributed by atoms with Crippen molar-refractivity contribution >= 4 is 17.8 Å². The maximum absolute atomic E-state index is 4.94. The van der Waals surface area contributed by atoms with Gasteiger partial charge in [-0.05, 0) is 58.4 Å². The minimum Gasteiger partial charge on any atom is -0.372 e. The molecule has 0 bridgehead atoms. The SMILES string of the molecule is C/C=c1/c(-c2ccc(N(CC)CC)cc2)nc(-c2cccc(C)n2)n/c1=C/CC. The van der Waals surface area contributed by atoms with Gasteiger partial charge in [-0.3, -0.25) is 0 Å². The van der Waals surface area contributed by atoms with Crippen molar-refractivity contribution in [3.05, 3.63) is 58.7 Å². The van der Waals surface area contributed by atoms with Crippen LogP contribution in [0.3, 0.4) is 0 Å². The minimum atomic E-state index is 0.668. The van der Waals surface area contributed by atoms with Crippen LogP contribution >= 0.6 is 0 Å². The summed E-state index contributed by atoms with van der Waals surface area (Å²) in [6.45, 7) is 12.5. The molecule has 0 aliphatic heterocycles. The molecule has 0 N–H and O–H groups in total. The fourth-order valence-electron chi connectivity index (χ4n) is 3.54. The highest BCUT2D eigenvalue weighted by Crippen LogP contribution is 2.21. The Bertz CT molecular complexity index is 1080. The first kappa shape index (κ1) is 20.7. The molecule has 3 aromatic rings. The lowest BCUT2D eigenvalue weighted by Gasteiger charge is -2.21. The van der Waals surface area contributed by atoms with Crippen LogP contribution in [0.25, 0.3) is 34.9 Å². The van der Waals surface area contributed by atoms with E-state index in [0.29, 0.717) is 5.82 Å². The predicted octanol–water partition coefficient (Wildman–Crippen LogP) is 4.35. The number of pyridine rings is 1. The van der Waals surface area contributed by atoms with Gasteiger partial charge in [0.25, 0.3) is 0 Å². The summed E-state index contributed by atoms with van der Waals surface area (Å²) in [6.07, 6.45) is 5.17. The van der Waals surface area contributed by atoms with Gasteiger partial charge < -0.3 is 4.90 Å². The third-order valence-corrected chi connectivity index (χ3v) is 5.05. The third-order valence-electron chi connectivity index (χ3n) is 5.05. The number of aryl methyl sites for hydroxylation is 1. The second-order valence-electron chi connectivity index (χ2n) is 6.98. The Morgan fingerprint density at radius 3 is 2.21 bits per heavy atom. The molecule has 150 valence electrons. The van der Waals surface area contributed by atoms with Gasteiger partial charge >= 0.3 is 0 Å². The van der Waals surface area contributed by atoms with Crippen molar-refractivity contribution in [2.24, 2.45) is 0 Å². The number of benzene rings is 1. The van der Waals surface area contributed by atoms with Crippen LogP contribution in [0.15, 0.2) is 42.5 Å². The molecule has 2 heterocycles. The van der Waals surface area contributed by atoms with E-state index in [1.807, 2.05) is 32.0 Å². The van der Waals surface area contributed by atoms with Gasteiger partial charge in [0.15, 0.2) is 5.82 Å². The van der Waals surface area contributed by atoms with Crippen molar-refractivity contribution in [1.82, 2.24) is 15.0 Å². The van der Waals surface area contributed by atoms with E-state index in [4.69, 9.17) is 9.97 Å². The van der Waals surface area contributed by atoms with Gasteiger partial charge in [-0.2, -0.15) is 0 Å². The van der Waals surface area contributed by atoms with Crippen molar-refractivity contribution in [3.8, 4) is 22.8 Å². The summed E-state index contributed by atoms with van der Waals surface area (Å²) >= 11 is 0. The van der Waals surface area contributed by atoms with Crippen LogP contribution in [0.2, 0.25) is 0 Å². The number of aromatic nitrogens is 3. The van der Waals surface area contributed by atoms with Crippen molar-refractivity contribution < 1.29 is 0 Å². The van der Waals surface area contributed by atoms with Crippen LogP contribution < -0.4 is 15.5 Å². The standard InChI is InChI=1S/C25H30N4/c1-6-11-22-21(7-2)24(19-14-16-20(17-15-19)29(8-3)9-4)28-25(27-22)23-13-10-12-18(5)26-23/h7,10-17H,6,8-9H2,1-5H3/b21-7+,22-11+. The van der Waals surface area contributed by atoms with Gasteiger partial charge in [-0.1, -0.05) is 37.3 Å². The average molecular weight is 387 g/mol. The Morgan fingerprint density at radius 2 is 1.62 bits per heavy atom. The van der Waals surface area contributed by atoms with Gasteiger partial charge in [0.2, 0.25) is 0 Å². The molecule has 29 heavy (non-hydrogen) atoms. The lowest BCUT2D eigenvalue weighted by molar-refractivity contribution is 0.866. The van der Waals surface area contributed by atoms with Gasteiger partial charge in [0.05, 0.1) is 11.0 Å². The number of hydrogen-bond acceptors (Lipinski definition) is 4. The summed E-state index contributed by atoms with van der Waals surface area (Å²) in [5.41, 5.74) is 5.04. The summed E-state index contributed by atoms with van der Waals surface area (Å²) in [7, 11) is 0. The quantitative estimate of drug-likeness (QED) is 0.632. The third kappa shape index (κ3) is 4.53. The average Bonchev–Trinajstić information content (AvgIpc) is 2.75. The molecular weight excluding hydrogens is 356 g/mol. The van der Waals surface area contributed by atoms with E-state index in [2.05, 4.69) is 67.1 Å². The highest BCUT2D eigenvalue weighted by molar-refractivity contribution is 5.67. The summed E-state index contributed by atoms with van der Waals surface area (Å²) in [5, 5.41) is 2.03. The Labute approximate surface area is 173 Å². The first-order valence-electron chi connectivity index (χ1n) is 10.4. The van der Waals surface area contributed by atoms with Crippen LogP contribution in [0, 0.1) is 6.92 Å². The van der Waals surface area contributed by atoms with Crippen molar-refractivity contribution in [1.29, 1.82) is 0 Å². The Kier molecular flexibility index (Phi) is 6.76. The molecule has 3 rings (SSSR count). The van der Waals surface area contributed by atoms with E-state index >= 15 is 0 Å². The number of nitrogens with zero attached hydrogens (tertiary/aromatic N) is 4. The fourth-order valence-corrected chi connectivity index (χ4v) is 3.54. The monoisotopic (exact) mass is 386 g/mol. The summed E-state index contributed by atoms with van der Waals surface area (Å²) < 4.78 is 0. The lowest BCUT2D eigenvalue weighted by Crippen LogP contribution is -2.32. The van der Waals surface area contributed by atoms with Crippen LogP contribution in [0.5, 0.6) is 0 Å². The van der Waals surface area contributed by atoms with E-state index in [9.17, 15) is 0 Å². The van der Waals surface area contributed by atoms with Gasteiger partial charge in [-0.25, -0.2) is 15.0 Å². The second kappa shape index (κ2) is 9.46. The normalized spacial score (nSPS) is 12.4. The molecule has 4 heteroatoms. The molecule has 4 nitrogen and oxygen atoms in total. The number of anilines is 1. The summed E-state index contributed by atoms with van der Waals surface area (Å²) in [5.74, 6) is 0.668.